The molecular weight excluding hydrogens is 266 g/mol. The van der Waals surface area contributed by atoms with E-state index in [1.807, 2.05) is 0 Å². The Balaban J connectivity index is 1.87. The molecule has 1 N–H and O–H groups in total. The zero-order valence-electron chi connectivity index (χ0n) is 11.0. The lowest BCUT2D eigenvalue weighted by Crippen LogP contribution is -2.07. The maximum Gasteiger partial charge on any atom is 0.227 e. The molecule has 0 radical (unpaired) electrons. The smallest absolute Gasteiger partial charge is 0.227 e. The van der Waals surface area contributed by atoms with Crippen LogP contribution in [-0.2, 0) is 0 Å². The number of rotatable bonds is 4. The number of hydrogen-bond acceptors (Lipinski definition) is 4. The Morgan fingerprint density at radius 1 is 0.714 bits per heavy atom. The summed E-state index contributed by atoms with van der Waals surface area (Å²) in [5.41, 5.74) is 1.31. The third-order valence-corrected chi connectivity index (χ3v) is 2.97. The van der Waals surface area contributed by atoms with E-state index in [0.717, 1.165) is 0 Å². The fourth-order valence-electron chi connectivity index (χ4n) is 1.93. The number of aromatic amines is 1. The molecule has 3 aromatic heterocycles. The highest BCUT2D eigenvalue weighted by Crippen LogP contribution is 2.11. The van der Waals surface area contributed by atoms with Gasteiger partial charge in [0.1, 0.15) is 11.4 Å². The summed E-state index contributed by atoms with van der Waals surface area (Å²) in [5, 5.41) is 0. The molecule has 0 spiro atoms. The average Bonchev–Trinajstić information content (AvgIpc) is 3.05. The van der Waals surface area contributed by atoms with Gasteiger partial charge in [-0.1, -0.05) is 12.1 Å². The Morgan fingerprint density at radius 2 is 1.19 bits per heavy atom. The second-order valence-electron chi connectivity index (χ2n) is 4.37. The van der Waals surface area contributed by atoms with Crippen molar-refractivity contribution in [1.29, 1.82) is 0 Å². The first-order valence-corrected chi connectivity index (χ1v) is 6.36. The highest BCUT2D eigenvalue weighted by molar-refractivity contribution is 6.10. The minimum Gasteiger partial charge on any atom is -0.349 e. The predicted molar refractivity (Wildman–Crippen MR) is 76.1 cm³/mol. The van der Waals surface area contributed by atoms with E-state index in [9.17, 15) is 9.59 Å². The summed E-state index contributed by atoms with van der Waals surface area (Å²) in [4.78, 5) is 35.2. The lowest BCUT2D eigenvalue weighted by Gasteiger charge is -1.98. The second kappa shape index (κ2) is 5.50. The Morgan fingerprint density at radius 3 is 1.57 bits per heavy atom. The Labute approximate surface area is 120 Å². The van der Waals surface area contributed by atoms with E-state index < -0.39 is 0 Å². The zero-order valence-corrected chi connectivity index (χ0v) is 11.0. The van der Waals surface area contributed by atoms with Crippen LogP contribution in [0.2, 0.25) is 0 Å². The zero-order chi connectivity index (χ0) is 14.7. The molecule has 0 bridgehead atoms. The summed E-state index contributed by atoms with van der Waals surface area (Å²) in [7, 11) is 0. The first-order chi connectivity index (χ1) is 10.3. The van der Waals surface area contributed by atoms with Crippen molar-refractivity contribution in [3.05, 3.63) is 83.7 Å². The number of nitrogens with zero attached hydrogens (tertiary/aromatic N) is 2. The molecule has 0 saturated heterocycles. The highest BCUT2D eigenvalue weighted by atomic mass is 16.1. The number of carbonyl (C=O) groups is 2. The largest absolute Gasteiger partial charge is 0.349 e. The fourth-order valence-corrected chi connectivity index (χ4v) is 1.93. The van der Waals surface area contributed by atoms with Gasteiger partial charge in [0.15, 0.2) is 0 Å². The molecule has 0 atom stereocenters. The van der Waals surface area contributed by atoms with Gasteiger partial charge in [-0.3, -0.25) is 19.6 Å². The third-order valence-electron chi connectivity index (χ3n) is 2.97. The molecule has 102 valence electrons. The van der Waals surface area contributed by atoms with E-state index in [2.05, 4.69) is 15.0 Å². The van der Waals surface area contributed by atoms with Crippen molar-refractivity contribution in [3.8, 4) is 0 Å². The summed E-state index contributed by atoms with van der Waals surface area (Å²) in [6, 6.07) is 13.4. The maximum atomic E-state index is 12.2. The van der Waals surface area contributed by atoms with Gasteiger partial charge in [-0.25, -0.2) is 0 Å². The third kappa shape index (κ3) is 2.62. The van der Waals surface area contributed by atoms with Crippen LogP contribution in [0.4, 0.5) is 0 Å². The maximum absolute atomic E-state index is 12.2. The molecule has 21 heavy (non-hydrogen) atoms. The SMILES string of the molecule is O=C(c1ccccn1)c1ccc(C(=O)c2ccccn2)[nH]1. The number of carbonyl (C=O) groups excluding carboxylic acids is 2. The molecule has 0 aliphatic heterocycles. The standard InChI is InChI=1S/C16H11N3O2/c20-15(11-5-1-3-9-17-11)13-7-8-14(19-13)16(21)12-6-2-4-10-18-12/h1-10,19H. The van der Waals surface area contributed by atoms with Crippen LogP contribution < -0.4 is 0 Å². The Kier molecular flexibility index (Phi) is 3.39. The van der Waals surface area contributed by atoms with Crippen LogP contribution in [0.1, 0.15) is 32.4 Å². The van der Waals surface area contributed by atoms with Gasteiger partial charge in [-0.05, 0) is 36.4 Å². The minimum atomic E-state index is -0.254. The van der Waals surface area contributed by atoms with E-state index in [4.69, 9.17) is 0 Å². The van der Waals surface area contributed by atoms with Crippen molar-refractivity contribution in [2.75, 3.05) is 0 Å². The van der Waals surface area contributed by atoms with Crippen LogP contribution in [0, 0.1) is 0 Å². The molecule has 5 nitrogen and oxygen atoms in total. The molecule has 0 unspecified atom stereocenters. The van der Waals surface area contributed by atoms with Gasteiger partial charge in [-0.2, -0.15) is 0 Å². The van der Waals surface area contributed by atoms with E-state index in [1.165, 1.54) is 0 Å². The van der Waals surface area contributed by atoms with E-state index >= 15 is 0 Å². The van der Waals surface area contributed by atoms with Crippen molar-refractivity contribution in [2.24, 2.45) is 0 Å². The van der Waals surface area contributed by atoms with Crippen LogP contribution in [-0.4, -0.2) is 26.5 Å². The number of hydrogen-bond donors (Lipinski definition) is 1. The molecule has 0 aliphatic carbocycles. The van der Waals surface area contributed by atoms with Crippen LogP contribution in [0.25, 0.3) is 0 Å². The quantitative estimate of drug-likeness (QED) is 0.742. The molecule has 0 aromatic carbocycles. The predicted octanol–water partition coefficient (Wildman–Crippen LogP) is 2.27. The molecule has 3 aromatic rings. The van der Waals surface area contributed by atoms with Gasteiger partial charge in [0.2, 0.25) is 11.6 Å². The summed E-state index contributed by atoms with van der Waals surface area (Å²) in [6.07, 6.45) is 3.10. The van der Waals surface area contributed by atoms with Crippen molar-refractivity contribution >= 4 is 11.6 Å². The number of nitrogens with one attached hydrogen (secondary N) is 1. The topological polar surface area (TPSA) is 75.7 Å². The summed E-state index contributed by atoms with van der Waals surface area (Å²) in [6.45, 7) is 0. The molecule has 5 heteroatoms. The van der Waals surface area contributed by atoms with Crippen LogP contribution in [0.5, 0.6) is 0 Å². The number of aromatic nitrogens is 3. The normalized spacial score (nSPS) is 10.3. The van der Waals surface area contributed by atoms with Crippen molar-refractivity contribution in [1.82, 2.24) is 15.0 Å². The molecular formula is C16H11N3O2. The Hall–Kier alpha value is -3.08. The lowest BCUT2D eigenvalue weighted by atomic mass is 10.2. The summed E-state index contributed by atoms with van der Waals surface area (Å²) >= 11 is 0. The molecule has 3 rings (SSSR count). The van der Waals surface area contributed by atoms with Gasteiger partial charge < -0.3 is 4.98 Å². The minimum absolute atomic E-state index is 0.254. The van der Waals surface area contributed by atoms with Crippen LogP contribution in [0.15, 0.2) is 60.9 Å². The molecule has 0 aliphatic rings. The van der Waals surface area contributed by atoms with E-state index in [0.29, 0.717) is 22.8 Å². The molecule has 0 saturated carbocycles. The van der Waals surface area contributed by atoms with E-state index in [-0.39, 0.29) is 11.6 Å². The van der Waals surface area contributed by atoms with Crippen LogP contribution in [0.3, 0.4) is 0 Å². The first-order valence-electron chi connectivity index (χ1n) is 6.36. The molecule has 0 amide bonds. The van der Waals surface area contributed by atoms with Gasteiger partial charge in [0, 0.05) is 12.4 Å². The van der Waals surface area contributed by atoms with Crippen molar-refractivity contribution in [3.63, 3.8) is 0 Å². The monoisotopic (exact) mass is 277 g/mol. The van der Waals surface area contributed by atoms with Gasteiger partial charge in [0.05, 0.1) is 11.4 Å². The molecule has 3 heterocycles. The van der Waals surface area contributed by atoms with Gasteiger partial charge >= 0.3 is 0 Å². The first kappa shape index (κ1) is 12.9. The average molecular weight is 277 g/mol. The Bertz CT molecular complexity index is 714. The number of ketones is 2. The van der Waals surface area contributed by atoms with Crippen molar-refractivity contribution < 1.29 is 9.59 Å². The van der Waals surface area contributed by atoms with E-state index in [1.54, 1.807) is 60.9 Å². The number of H-pyrrole nitrogens is 1. The highest BCUT2D eigenvalue weighted by Gasteiger charge is 2.16. The summed E-state index contributed by atoms with van der Waals surface area (Å²) in [5.74, 6) is -0.508. The second-order valence-corrected chi connectivity index (χ2v) is 4.37. The van der Waals surface area contributed by atoms with Crippen molar-refractivity contribution in [2.45, 2.75) is 0 Å². The lowest BCUT2D eigenvalue weighted by molar-refractivity contribution is 0.102. The number of pyridine rings is 2. The van der Waals surface area contributed by atoms with Crippen LogP contribution >= 0.6 is 0 Å². The van der Waals surface area contributed by atoms with Gasteiger partial charge in [-0.15, -0.1) is 0 Å². The fraction of sp³-hybridized carbons (Fsp3) is 0. The molecule has 0 fully saturated rings. The summed E-state index contributed by atoms with van der Waals surface area (Å²) < 4.78 is 0. The van der Waals surface area contributed by atoms with Gasteiger partial charge in [0.25, 0.3) is 0 Å².